The summed E-state index contributed by atoms with van der Waals surface area (Å²) in [6.07, 6.45) is 0. The second kappa shape index (κ2) is 4.66. The van der Waals surface area contributed by atoms with E-state index in [1.54, 1.807) is 10.6 Å². The van der Waals surface area contributed by atoms with Crippen LogP contribution in [0.3, 0.4) is 0 Å². The van der Waals surface area contributed by atoms with Gasteiger partial charge in [0.25, 0.3) is 5.56 Å². The molecule has 0 saturated carbocycles. The Morgan fingerprint density at radius 1 is 1.19 bits per heavy atom. The highest BCUT2D eigenvalue weighted by Gasteiger charge is 2.04. The Kier molecular flexibility index (Phi) is 3.25. The lowest BCUT2D eigenvalue weighted by Gasteiger charge is -2.10. The van der Waals surface area contributed by atoms with E-state index in [1.165, 1.54) is 0 Å². The second-order valence-corrected chi connectivity index (χ2v) is 4.21. The molecule has 0 fully saturated rings. The van der Waals surface area contributed by atoms with Crippen molar-refractivity contribution in [2.75, 3.05) is 0 Å². The van der Waals surface area contributed by atoms with Gasteiger partial charge in [0.05, 0.1) is 0 Å². The van der Waals surface area contributed by atoms with E-state index in [9.17, 15) is 4.79 Å². The predicted molar refractivity (Wildman–Crippen MR) is 69.4 cm³/mol. The molecule has 0 spiro atoms. The first-order valence-corrected chi connectivity index (χ1v) is 6.18. The number of aromatic nitrogens is 1. The molecule has 3 heteroatoms. The Morgan fingerprint density at radius 3 is 2.44 bits per heavy atom. The topological polar surface area (TPSA) is 22.0 Å². The van der Waals surface area contributed by atoms with Crippen LogP contribution in [-0.2, 0) is 5.33 Å². The zero-order valence-electron chi connectivity index (χ0n) is 8.98. The number of rotatable bonds is 2. The summed E-state index contributed by atoms with van der Waals surface area (Å²) in [5, 5.41) is 0.707. The van der Waals surface area contributed by atoms with Crippen LogP contribution >= 0.6 is 15.9 Å². The number of aryl methyl sites for hydroxylation is 1. The Morgan fingerprint density at radius 2 is 1.88 bits per heavy atom. The molecule has 0 amide bonds. The van der Waals surface area contributed by atoms with E-state index < -0.39 is 0 Å². The van der Waals surface area contributed by atoms with E-state index in [1.807, 2.05) is 43.3 Å². The van der Waals surface area contributed by atoms with Crippen molar-refractivity contribution in [1.82, 2.24) is 4.57 Å². The molecule has 82 valence electrons. The molecule has 0 bridgehead atoms. The standard InChI is InChI=1S/C13H12BrNO/c1-10-7-11(9-14)8-13(16)15(10)12-5-3-2-4-6-12/h2-8H,9H2,1H3. The van der Waals surface area contributed by atoms with Crippen molar-refractivity contribution < 1.29 is 0 Å². The van der Waals surface area contributed by atoms with Crippen molar-refractivity contribution in [2.45, 2.75) is 12.3 Å². The molecule has 16 heavy (non-hydrogen) atoms. The highest BCUT2D eigenvalue weighted by atomic mass is 79.9. The molecule has 0 aliphatic heterocycles. The summed E-state index contributed by atoms with van der Waals surface area (Å²) < 4.78 is 1.71. The van der Waals surface area contributed by atoms with Crippen molar-refractivity contribution in [3.05, 3.63) is 64.1 Å². The summed E-state index contributed by atoms with van der Waals surface area (Å²) in [7, 11) is 0. The van der Waals surface area contributed by atoms with Crippen molar-refractivity contribution >= 4 is 15.9 Å². The Balaban J connectivity index is 2.63. The smallest absolute Gasteiger partial charge is 0.255 e. The highest BCUT2D eigenvalue weighted by molar-refractivity contribution is 9.08. The summed E-state index contributed by atoms with van der Waals surface area (Å²) in [5.74, 6) is 0. The van der Waals surface area contributed by atoms with Gasteiger partial charge in [0.15, 0.2) is 0 Å². The van der Waals surface area contributed by atoms with Gasteiger partial charge >= 0.3 is 0 Å². The highest BCUT2D eigenvalue weighted by Crippen LogP contribution is 2.10. The predicted octanol–water partition coefficient (Wildman–Crippen LogP) is 3.04. The quantitative estimate of drug-likeness (QED) is 0.774. The first kappa shape index (κ1) is 11.1. The van der Waals surface area contributed by atoms with Gasteiger partial charge in [-0.15, -0.1) is 0 Å². The molecule has 1 aromatic heterocycles. The summed E-state index contributed by atoms with van der Waals surface area (Å²) >= 11 is 3.36. The molecule has 0 radical (unpaired) electrons. The molecule has 1 aromatic carbocycles. The zero-order chi connectivity index (χ0) is 11.5. The van der Waals surface area contributed by atoms with E-state index in [-0.39, 0.29) is 5.56 Å². The Bertz CT molecular complexity index is 546. The van der Waals surface area contributed by atoms with E-state index in [0.717, 1.165) is 16.9 Å². The van der Waals surface area contributed by atoms with Gasteiger partial charge in [0.1, 0.15) is 0 Å². The van der Waals surface area contributed by atoms with Gasteiger partial charge in [-0.3, -0.25) is 9.36 Å². The fourth-order valence-corrected chi connectivity index (χ4v) is 2.08. The molecule has 1 heterocycles. The molecule has 2 aromatic rings. The van der Waals surface area contributed by atoms with Gasteiger partial charge < -0.3 is 0 Å². The molecule has 2 rings (SSSR count). The van der Waals surface area contributed by atoms with Crippen LogP contribution in [0.2, 0.25) is 0 Å². The zero-order valence-corrected chi connectivity index (χ0v) is 10.6. The van der Waals surface area contributed by atoms with Crippen LogP contribution in [0, 0.1) is 6.92 Å². The van der Waals surface area contributed by atoms with E-state index in [0.29, 0.717) is 5.33 Å². The average molecular weight is 278 g/mol. The molecular formula is C13H12BrNO. The molecular weight excluding hydrogens is 266 g/mol. The molecule has 0 N–H and O–H groups in total. The van der Waals surface area contributed by atoms with Gasteiger partial charge in [0.2, 0.25) is 0 Å². The van der Waals surface area contributed by atoms with Crippen LogP contribution in [-0.4, -0.2) is 4.57 Å². The minimum Gasteiger partial charge on any atom is -0.282 e. The van der Waals surface area contributed by atoms with Crippen LogP contribution in [0.4, 0.5) is 0 Å². The number of nitrogens with zero attached hydrogens (tertiary/aromatic N) is 1. The van der Waals surface area contributed by atoms with Crippen molar-refractivity contribution in [2.24, 2.45) is 0 Å². The maximum absolute atomic E-state index is 12.0. The molecule has 0 aliphatic carbocycles. The van der Waals surface area contributed by atoms with Crippen molar-refractivity contribution in [3.63, 3.8) is 0 Å². The summed E-state index contributed by atoms with van der Waals surface area (Å²) in [4.78, 5) is 12.0. The normalized spacial score (nSPS) is 10.4. The fourth-order valence-electron chi connectivity index (χ4n) is 1.76. The number of para-hydroxylation sites is 1. The third-order valence-electron chi connectivity index (χ3n) is 2.44. The maximum Gasteiger partial charge on any atom is 0.255 e. The fraction of sp³-hybridized carbons (Fsp3) is 0.154. The molecule has 0 aliphatic rings. The third kappa shape index (κ3) is 2.09. The lowest BCUT2D eigenvalue weighted by atomic mass is 10.2. The first-order valence-electron chi connectivity index (χ1n) is 5.06. The number of hydrogen-bond acceptors (Lipinski definition) is 1. The number of alkyl halides is 1. The SMILES string of the molecule is Cc1cc(CBr)cc(=O)n1-c1ccccc1. The van der Waals surface area contributed by atoms with Crippen molar-refractivity contribution in [1.29, 1.82) is 0 Å². The lowest BCUT2D eigenvalue weighted by molar-refractivity contribution is 0.926. The van der Waals surface area contributed by atoms with Crippen LogP contribution in [0.25, 0.3) is 5.69 Å². The minimum absolute atomic E-state index is 0.0145. The third-order valence-corrected chi connectivity index (χ3v) is 3.09. The average Bonchev–Trinajstić information content (AvgIpc) is 2.29. The number of hydrogen-bond donors (Lipinski definition) is 0. The van der Waals surface area contributed by atoms with Crippen LogP contribution in [0.1, 0.15) is 11.3 Å². The van der Waals surface area contributed by atoms with E-state index >= 15 is 0 Å². The maximum atomic E-state index is 12.0. The molecule has 0 atom stereocenters. The van der Waals surface area contributed by atoms with Gasteiger partial charge in [0, 0.05) is 22.8 Å². The summed E-state index contributed by atoms with van der Waals surface area (Å²) in [6, 6.07) is 13.3. The van der Waals surface area contributed by atoms with Gasteiger partial charge in [-0.05, 0) is 30.7 Å². The summed E-state index contributed by atoms with van der Waals surface area (Å²) in [5.41, 5.74) is 2.88. The van der Waals surface area contributed by atoms with Gasteiger partial charge in [-0.2, -0.15) is 0 Å². The van der Waals surface area contributed by atoms with Crippen LogP contribution in [0.15, 0.2) is 47.3 Å². The summed E-state index contributed by atoms with van der Waals surface area (Å²) in [6.45, 7) is 1.94. The van der Waals surface area contributed by atoms with E-state index in [4.69, 9.17) is 0 Å². The largest absolute Gasteiger partial charge is 0.282 e. The lowest BCUT2D eigenvalue weighted by Crippen LogP contribution is -2.20. The second-order valence-electron chi connectivity index (χ2n) is 3.65. The van der Waals surface area contributed by atoms with Gasteiger partial charge in [-0.1, -0.05) is 34.1 Å². The minimum atomic E-state index is 0.0145. The van der Waals surface area contributed by atoms with Crippen LogP contribution < -0.4 is 5.56 Å². The number of halogens is 1. The number of benzene rings is 1. The molecule has 0 saturated heterocycles. The molecule has 0 unspecified atom stereocenters. The van der Waals surface area contributed by atoms with E-state index in [2.05, 4.69) is 15.9 Å². The monoisotopic (exact) mass is 277 g/mol. The Labute approximate surface area is 103 Å². The van der Waals surface area contributed by atoms with Crippen molar-refractivity contribution in [3.8, 4) is 5.69 Å². The first-order chi connectivity index (χ1) is 7.72. The Hall–Kier alpha value is -1.35. The number of pyridine rings is 1. The van der Waals surface area contributed by atoms with Gasteiger partial charge in [-0.25, -0.2) is 0 Å². The van der Waals surface area contributed by atoms with Crippen LogP contribution in [0.5, 0.6) is 0 Å². The molecule has 2 nitrogen and oxygen atoms in total.